The van der Waals surface area contributed by atoms with Crippen LogP contribution in [0.25, 0.3) is 0 Å². The van der Waals surface area contributed by atoms with Crippen LogP contribution in [0.5, 0.6) is 0 Å². The maximum absolute atomic E-state index is 13.0. The van der Waals surface area contributed by atoms with Crippen LogP contribution in [0.3, 0.4) is 0 Å². The molecular formula is C24H29ClN4O3. The molecule has 0 unspecified atom stereocenters. The van der Waals surface area contributed by atoms with Crippen molar-refractivity contribution in [3.05, 3.63) is 64.7 Å². The van der Waals surface area contributed by atoms with Crippen LogP contribution in [0.4, 0.5) is 5.69 Å². The van der Waals surface area contributed by atoms with Crippen LogP contribution in [0.15, 0.2) is 42.5 Å². The third-order valence-electron chi connectivity index (χ3n) is 5.94. The fourth-order valence-corrected chi connectivity index (χ4v) is 4.18. The van der Waals surface area contributed by atoms with Crippen molar-refractivity contribution in [3.8, 4) is 0 Å². The van der Waals surface area contributed by atoms with Crippen LogP contribution in [0.1, 0.15) is 39.9 Å². The van der Waals surface area contributed by atoms with Crippen LogP contribution in [-0.4, -0.2) is 55.4 Å². The maximum Gasteiger partial charge on any atom is 0.254 e. The Morgan fingerprint density at radius 1 is 1.00 bits per heavy atom. The topological polar surface area (TPSA) is 99.7 Å². The molecule has 2 aromatic carbocycles. The number of carbonyl (C=O) groups excluding carboxylic acids is 2. The number of hydrogen-bond donors (Lipinski definition) is 2. The number of hydrogen-bond acceptors (Lipinski definition) is 4. The quantitative estimate of drug-likeness (QED) is 0.533. The van der Waals surface area contributed by atoms with E-state index in [2.05, 4.69) is 0 Å². The number of fused-ring (bicyclic) bond motifs is 1. The summed E-state index contributed by atoms with van der Waals surface area (Å²) >= 11 is 0. The fourth-order valence-electron chi connectivity index (χ4n) is 4.18. The molecule has 170 valence electrons. The Hall–Kier alpha value is -2.90. The molecule has 7 nitrogen and oxygen atoms in total. The minimum absolute atomic E-state index is 0. The lowest BCUT2D eigenvalue weighted by Crippen LogP contribution is -2.41. The van der Waals surface area contributed by atoms with E-state index in [0.717, 1.165) is 29.7 Å². The Morgan fingerprint density at radius 3 is 2.38 bits per heavy atom. The van der Waals surface area contributed by atoms with Gasteiger partial charge in [-0.15, -0.1) is 12.4 Å². The van der Waals surface area contributed by atoms with Crippen LogP contribution in [-0.2, 0) is 22.4 Å². The molecule has 2 aliphatic rings. The van der Waals surface area contributed by atoms with Gasteiger partial charge in [0.2, 0.25) is 5.91 Å². The first-order valence-electron chi connectivity index (χ1n) is 10.8. The SMILES string of the molecule is Cl.N=C(N)c1ccc(CCC(=O)N2CCCc3cc(C(=O)N4CCOCC4)ccc32)cc1. The maximum atomic E-state index is 13.0. The molecule has 2 heterocycles. The molecule has 0 aliphatic carbocycles. The molecule has 1 saturated heterocycles. The molecule has 2 aliphatic heterocycles. The van der Waals surface area contributed by atoms with Crippen LogP contribution in [0, 0.1) is 5.41 Å². The number of morpholine rings is 1. The average molecular weight is 457 g/mol. The summed E-state index contributed by atoms with van der Waals surface area (Å²) in [6, 6.07) is 13.2. The van der Waals surface area contributed by atoms with Crippen LogP contribution >= 0.6 is 12.4 Å². The van der Waals surface area contributed by atoms with E-state index < -0.39 is 0 Å². The van der Waals surface area contributed by atoms with Crippen molar-refractivity contribution in [1.29, 1.82) is 5.41 Å². The number of halogens is 1. The highest BCUT2D eigenvalue weighted by Crippen LogP contribution is 2.29. The lowest BCUT2D eigenvalue weighted by molar-refractivity contribution is -0.118. The summed E-state index contributed by atoms with van der Waals surface area (Å²) < 4.78 is 5.33. The smallest absolute Gasteiger partial charge is 0.254 e. The van der Waals surface area contributed by atoms with E-state index in [0.29, 0.717) is 56.8 Å². The van der Waals surface area contributed by atoms with Crippen molar-refractivity contribution in [2.45, 2.75) is 25.7 Å². The Labute approximate surface area is 194 Å². The predicted octanol–water partition coefficient (Wildman–Crippen LogP) is 2.78. The zero-order valence-corrected chi connectivity index (χ0v) is 18.8. The summed E-state index contributed by atoms with van der Waals surface area (Å²) in [6.07, 6.45) is 2.81. The highest BCUT2D eigenvalue weighted by Gasteiger charge is 2.25. The summed E-state index contributed by atoms with van der Waals surface area (Å²) in [5.74, 6) is 0.159. The van der Waals surface area contributed by atoms with Crippen molar-refractivity contribution in [2.75, 3.05) is 37.7 Å². The van der Waals surface area contributed by atoms with E-state index >= 15 is 0 Å². The molecule has 2 aromatic rings. The first-order valence-corrected chi connectivity index (χ1v) is 10.8. The molecule has 8 heteroatoms. The van der Waals surface area contributed by atoms with Crippen molar-refractivity contribution >= 4 is 35.7 Å². The van der Waals surface area contributed by atoms with Gasteiger partial charge in [0, 0.05) is 42.9 Å². The van der Waals surface area contributed by atoms with Crippen LogP contribution < -0.4 is 10.6 Å². The zero-order chi connectivity index (χ0) is 21.8. The Balaban J connectivity index is 0.00000289. The van der Waals surface area contributed by atoms with Gasteiger partial charge in [0.15, 0.2) is 0 Å². The van der Waals surface area contributed by atoms with Gasteiger partial charge >= 0.3 is 0 Å². The van der Waals surface area contributed by atoms with E-state index in [1.807, 2.05) is 52.3 Å². The van der Waals surface area contributed by atoms with Gasteiger partial charge in [0.25, 0.3) is 5.91 Å². The molecule has 4 rings (SSSR count). The summed E-state index contributed by atoms with van der Waals surface area (Å²) in [6.45, 7) is 3.10. The van der Waals surface area contributed by atoms with Gasteiger partial charge in [0.05, 0.1) is 13.2 Å². The standard InChI is InChI=1S/C24H28N4O3.ClH/c25-23(26)18-6-3-17(4-7-18)5-10-22(29)28-11-1-2-19-16-20(8-9-21(19)28)24(30)27-12-14-31-15-13-27;/h3-4,6-9,16H,1-2,5,10-15H2,(H3,25,26);1H. The van der Waals surface area contributed by atoms with Crippen LogP contribution in [0.2, 0.25) is 0 Å². The van der Waals surface area contributed by atoms with Gasteiger partial charge in [-0.05, 0) is 48.6 Å². The number of nitrogens with zero attached hydrogens (tertiary/aromatic N) is 2. The monoisotopic (exact) mass is 456 g/mol. The van der Waals surface area contributed by atoms with E-state index in [1.54, 1.807) is 0 Å². The summed E-state index contributed by atoms with van der Waals surface area (Å²) in [5.41, 5.74) is 9.88. The van der Waals surface area contributed by atoms with Crippen molar-refractivity contribution in [3.63, 3.8) is 0 Å². The number of amidine groups is 1. The summed E-state index contributed by atoms with van der Waals surface area (Å²) in [5, 5.41) is 7.47. The number of nitrogen functional groups attached to an aromatic ring is 1. The first-order chi connectivity index (χ1) is 15.0. The van der Waals surface area contributed by atoms with Gasteiger partial charge in [0.1, 0.15) is 5.84 Å². The van der Waals surface area contributed by atoms with Crippen molar-refractivity contribution in [2.24, 2.45) is 5.73 Å². The number of aryl methyl sites for hydroxylation is 2. The third kappa shape index (κ3) is 5.29. The Bertz CT molecular complexity index is 987. The number of nitrogens with two attached hydrogens (primary N) is 1. The second-order valence-corrected chi connectivity index (χ2v) is 8.01. The van der Waals surface area contributed by atoms with Crippen molar-refractivity contribution < 1.29 is 14.3 Å². The molecular weight excluding hydrogens is 428 g/mol. The lowest BCUT2D eigenvalue weighted by atomic mass is 9.97. The molecule has 32 heavy (non-hydrogen) atoms. The number of nitrogens with one attached hydrogen (secondary N) is 1. The fraction of sp³-hybridized carbons (Fsp3) is 0.375. The number of rotatable bonds is 5. The summed E-state index contributed by atoms with van der Waals surface area (Å²) in [4.78, 5) is 29.4. The summed E-state index contributed by atoms with van der Waals surface area (Å²) in [7, 11) is 0. The van der Waals surface area contributed by atoms with Gasteiger partial charge in [-0.1, -0.05) is 24.3 Å². The predicted molar refractivity (Wildman–Crippen MR) is 127 cm³/mol. The molecule has 0 aromatic heterocycles. The number of anilines is 1. The number of amides is 2. The minimum atomic E-state index is 0. The minimum Gasteiger partial charge on any atom is -0.384 e. The molecule has 0 atom stereocenters. The third-order valence-corrected chi connectivity index (χ3v) is 5.94. The Kier molecular flexibility index (Phi) is 7.88. The zero-order valence-electron chi connectivity index (χ0n) is 18.0. The highest BCUT2D eigenvalue weighted by atomic mass is 35.5. The molecule has 0 spiro atoms. The van der Waals surface area contributed by atoms with Gasteiger partial charge in [-0.2, -0.15) is 0 Å². The number of benzene rings is 2. The Morgan fingerprint density at radius 2 is 1.69 bits per heavy atom. The number of ether oxygens (including phenoxy) is 1. The van der Waals surface area contributed by atoms with Gasteiger partial charge in [-0.25, -0.2) is 0 Å². The van der Waals surface area contributed by atoms with E-state index in [1.165, 1.54) is 0 Å². The van der Waals surface area contributed by atoms with E-state index in [-0.39, 0.29) is 30.1 Å². The largest absolute Gasteiger partial charge is 0.384 e. The molecule has 3 N–H and O–H groups in total. The van der Waals surface area contributed by atoms with Gasteiger partial charge in [-0.3, -0.25) is 15.0 Å². The molecule has 1 fully saturated rings. The first kappa shape index (κ1) is 23.8. The second-order valence-electron chi connectivity index (χ2n) is 8.01. The van der Waals surface area contributed by atoms with E-state index in [4.69, 9.17) is 15.9 Å². The molecule has 0 saturated carbocycles. The normalized spacial score (nSPS) is 15.5. The van der Waals surface area contributed by atoms with E-state index in [9.17, 15) is 9.59 Å². The lowest BCUT2D eigenvalue weighted by Gasteiger charge is -2.31. The second kappa shape index (κ2) is 10.6. The molecule has 2 amide bonds. The molecule has 0 radical (unpaired) electrons. The average Bonchev–Trinajstić information content (AvgIpc) is 2.82. The van der Waals surface area contributed by atoms with Gasteiger partial charge < -0.3 is 20.3 Å². The molecule has 0 bridgehead atoms. The highest BCUT2D eigenvalue weighted by molar-refractivity contribution is 5.98. The van der Waals surface area contributed by atoms with Crippen molar-refractivity contribution in [1.82, 2.24) is 4.90 Å². The number of carbonyl (C=O) groups is 2.